The van der Waals surface area contributed by atoms with Gasteiger partial charge in [0.1, 0.15) is 11.5 Å². The van der Waals surface area contributed by atoms with E-state index in [1.54, 1.807) is 0 Å². The highest BCUT2D eigenvalue weighted by Gasteiger charge is 2.14. The number of hydrogen-bond donors (Lipinski definition) is 3. The van der Waals surface area contributed by atoms with Crippen LogP contribution in [0.5, 0.6) is 0 Å². The van der Waals surface area contributed by atoms with Gasteiger partial charge in [-0.1, -0.05) is 11.6 Å². The summed E-state index contributed by atoms with van der Waals surface area (Å²) in [5.41, 5.74) is 6.39. The van der Waals surface area contributed by atoms with E-state index in [0.29, 0.717) is 24.7 Å². The lowest BCUT2D eigenvalue weighted by molar-refractivity contribution is 0.0944. The molecule has 3 rings (SSSR count). The number of halogens is 1. The molecule has 3 aromatic rings. The zero-order valence-electron chi connectivity index (χ0n) is 13.2. The Morgan fingerprint density at radius 2 is 1.92 bits per heavy atom. The lowest BCUT2D eigenvalue weighted by Crippen LogP contribution is -2.32. The quantitative estimate of drug-likeness (QED) is 0.551. The van der Waals surface area contributed by atoms with Crippen LogP contribution in [0.4, 0.5) is 5.82 Å². The van der Waals surface area contributed by atoms with E-state index in [1.807, 2.05) is 36.4 Å². The third kappa shape index (κ3) is 4.37. The van der Waals surface area contributed by atoms with E-state index >= 15 is 0 Å². The lowest BCUT2D eigenvalue weighted by atomic mass is 10.2. The first-order valence-corrected chi connectivity index (χ1v) is 7.93. The molecule has 0 atom stereocenters. The number of nitrogens with zero attached hydrogens (tertiary/aromatic N) is 2. The van der Waals surface area contributed by atoms with Gasteiger partial charge in [-0.3, -0.25) is 4.79 Å². The minimum Gasteiger partial charge on any atom is -0.460 e. The maximum atomic E-state index is 11.7. The summed E-state index contributed by atoms with van der Waals surface area (Å²) >= 11 is 5.88. The molecule has 0 fully saturated rings. The van der Waals surface area contributed by atoms with Crippen molar-refractivity contribution in [2.45, 2.75) is 6.54 Å². The Morgan fingerprint density at radius 3 is 2.64 bits per heavy atom. The average molecular weight is 362 g/mol. The topological polar surface area (TPSA) is 119 Å². The molecule has 0 saturated carbocycles. The average Bonchev–Trinajstić information content (AvgIpc) is 3.24. The van der Waals surface area contributed by atoms with Crippen molar-refractivity contribution in [2.75, 3.05) is 18.8 Å². The van der Waals surface area contributed by atoms with Crippen LogP contribution in [0.1, 0.15) is 16.2 Å². The number of carbonyl (C=O) groups is 1. The Balaban J connectivity index is 1.42. The molecule has 2 heterocycles. The van der Waals surface area contributed by atoms with Crippen molar-refractivity contribution in [1.82, 2.24) is 20.9 Å². The van der Waals surface area contributed by atoms with Gasteiger partial charge in [-0.2, -0.15) is 0 Å². The number of carbonyl (C=O) groups excluding carboxylic acids is 1. The van der Waals surface area contributed by atoms with Gasteiger partial charge in [-0.05, 0) is 46.7 Å². The number of hydrogen-bond acceptors (Lipinski definition) is 7. The molecule has 0 bridgehead atoms. The van der Waals surface area contributed by atoms with Crippen LogP contribution in [0.15, 0.2) is 45.4 Å². The predicted molar refractivity (Wildman–Crippen MR) is 91.9 cm³/mol. The SMILES string of the molecule is Nc1nonc1C(=O)NCCNCc1ccc(-c2ccc(Cl)cc2)o1. The molecule has 2 aromatic heterocycles. The highest BCUT2D eigenvalue weighted by Crippen LogP contribution is 2.23. The number of aromatic nitrogens is 2. The molecule has 4 N–H and O–H groups in total. The number of anilines is 1. The van der Waals surface area contributed by atoms with Crippen LogP contribution in [0.25, 0.3) is 11.3 Å². The van der Waals surface area contributed by atoms with Gasteiger partial charge in [0.25, 0.3) is 5.91 Å². The summed E-state index contributed by atoms with van der Waals surface area (Å²) < 4.78 is 10.1. The molecule has 0 spiro atoms. The van der Waals surface area contributed by atoms with Gasteiger partial charge in [0, 0.05) is 23.7 Å². The summed E-state index contributed by atoms with van der Waals surface area (Å²) in [5, 5.41) is 13.3. The zero-order chi connectivity index (χ0) is 17.6. The van der Waals surface area contributed by atoms with Gasteiger partial charge in [0.15, 0.2) is 0 Å². The van der Waals surface area contributed by atoms with E-state index in [-0.39, 0.29) is 11.5 Å². The third-order valence-corrected chi connectivity index (χ3v) is 3.66. The van der Waals surface area contributed by atoms with Crippen LogP contribution in [0, 0.1) is 0 Å². The molecule has 0 unspecified atom stereocenters. The number of nitrogen functional groups attached to an aromatic ring is 1. The molecule has 8 nitrogen and oxygen atoms in total. The Morgan fingerprint density at radius 1 is 1.12 bits per heavy atom. The molecule has 0 saturated heterocycles. The Hall–Kier alpha value is -2.84. The fraction of sp³-hybridized carbons (Fsp3) is 0.188. The number of furan rings is 1. The Kier molecular flexibility index (Phi) is 5.32. The second kappa shape index (κ2) is 7.82. The Labute approximate surface area is 148 Å². The molecule has 1 amide bonds. The number of benzene rings is 1. The fourth-order valence-electron chi connectivity index (χ4n) is 2.15. The van der Waals surface area contributed by atoms with Crippen molar-refractivity contribution in [3.05, 3.63) is 52.9 Å². The van der Waals surface area contributed by atoms with Crippen molar-refractivity contribution in [2.24, 2.45) is 0 Å². The summed E-state index contributed by atoms with van der Waals surface area (Å²) in [6.07, 6.45) is 0. The molecule has 1 aromatic carbocycles. The van der Waals surface area contributed by atoms with E-state index in [4.69, 9.17) is 21.8 Å². The second-order valence-electron chi connectivity index (χ2n) is 5.20. The van der Waals surface area contributed by atoms with Gasteiger partial charge < -0.3 is 20.8 Å². The fourth-order valence-corrected chi connectivity index (χ4v) is 2.28. The molecule has 0 aliphatic carbocycles. The highest BCUT2D eigenvalue weighted by atomic mass is 35.5. The van der Waals surface area contributed by atoms with Gasteiger partial charge >= 0.3 is 0 Å². The molecule has 0 aliphatic heterocycles. The van der Waals surface area contributed by atoms with Crippen LogP contribution < -0.4 is 16.4 Å². The first-order valence-electron chi connectivity index (χ1n) is 7.55. The van der Waals surface area contributed by atoms with Crippen LogP contribution in [-0.4, -0.2) is 29.3 Å². The van der Waals surface area contributed by atoms with Crippen molar-refractivity contribution < 1.29 is 13.8 Å². The summed E-state index contributed by atoms with van der Waals surface area (Å²) in [6, 6.07) is 11.2. The first kappa shape index (κ1) is 17.0. The van der Waals surface area contributed by atoms with E-state index in [9.17, 15) is 4.79 Å². The van der Waals surface area contributed by atoms with Crippen LogP contribution in [-0.2, 0) is 6.54 Å². The molecule has 0 radical (unpaired) electrons. The smallest absolute Gasteiger partial charge is 0.277 e. The van der Waals surface area contributed by atoms with E-state index in [1.165, 1.54) is 0 Å². The maximum absolute atomic E-state index is 11.7. The summed E-state index contributed by atoms with van der Waals surface area (Å²) in [4.78, 5) is 11.7. The molecule has 25 heavy (non-hydrogen) atoms. The first-order chi connectivity index (χ1) is 12.1. The molecular weight excluding hydrogens is 346 g/mol. The largest absolute Gasteiger partial charge is 0.460 e. The van der Waals surface area contributed by atoms with Crippen LogP contribution in [0.2, 0.25) is 5.02 Å². The predicted octanol–water partition coefficient (Wildman–Crippen LogP) is 2.08. The van der Waals surface area contributed by atoms with E-state index in [2.05, 4.69) is 25.6 Å². The monoisotopic (exact) mass is 361 g/mol. The third-order valence-electron chi connectivity index (χ3n) is 3.41. The molecule has 0 aliphatic rings. The van der Waals surface area contributed by atoms with Gasteiger partial charge in [-0.15, -0.1) is 0 Å². The molecule has 9 heteroatoms. The Bertz CT molecular complexity index is 844. The van der Waals surface area contributed by atoms with Gasteiger partial charge in [0.2, 0.25) is 11.5 Å². The van der Waals surface area contributed by atoms with Gasteiger partial charge in [0.05, 0.1) is 6.54 Å². The zero-order valence-corrected chi connectivity index (χ0v) is 13.9. The number of nitrogens with two attached hydrogens (primary N) is 1. The van der Waals surface area contributed by atoms with E-state index < -0.39 is 5.91 Å². The van der Waals surface area contributed by atoms with Crippen molar-refractivity contribution in [3.8, 4) is 11.3 Å². The number of nitrogens with one attached hydrogen (secondary N) is 2. The lowest BCUT2D eigenvalue weighted by Gasteiger charge is -2.04. The standard InChI is InChI=1S/C16H16ClN5O3/c17-11-3-1-10(2-4-11)13-6-5-12(24-13)9-19-7-8-20-16(23)14-15(18)22-25-21-14/h1-6,19H,7-9H2,(H2,18,22)(H,20,23). The van der Waals surface area contributed by atoms with Gasteiger partial charge in [-0.25, -0.2) is 4.63 Å². The maximum Gasteiger partial charge on any atom is 0.277 e. The summed E-state index contributed by atoms with van der Waals surface area (Å²) in [7, 11) is 0. The summed E-state index contributed by atoms with van der Waals surface area (Å²) in [5.74, 6) is 1.11. The molecule has 130 valence electrons. The second-order valence-corrected chi connectivity index (χ2v) is 5.64. The minimum absolute atomic E-state index is 0.0151. The minimum atomic E-state index is -0.427. The van der Waals surface area contributed by atoms with Crippen LogP contribution >= 0.6 is 11.6 Å². The van der Waals surface area contributed by atoms with Crippen LogP contribution in [0.3, 0.4) is 0 Å². The van der Waals surface area contributed by atoms with E-state index in [0.717, 1.165) is 17.1 Å². The van der Waals surface area contributed by atoms with Crippen molar-refractivity contribution >= 4 is 23.3 Å². The normalized spacial score (nSPS) is 10.8. The van der Waals surface area contributed by atoms with Crippen molar-refractivity contribution in [1.29, 1.82) is 0 Å². The summed E-state index contributed by atoms with van der Waals surface area (Å²) in [6.45, 7) is 1.49. The molecular formula is C16H16ClN5O3. The number of amides is 1. The van der Waals surface area contributed by atoms with Crippen molar-refractivity contribution in [3.63, 3.8) is 0 Å². The highest BCUT2D eigenvalue weighted by molar-refractivity contribution is 6.30. The number of rotatable bonds is 7.